The first-order valence-electron chi connectivity index (χ1n) is 9.62. The second-order valence-corrected chi connectivity index (χ2v) is 8.54. The third-order valence-electron chi connectivity index (χ3n) is 5.87. The van der Waals surface area contributed by atoms with Crippen molar-refractivity contribution in [2.24, 2.45) is 0 Å². The van der Waals surface area contributed by atoms with Gasteiger partial charge in [0.2, 0.25) is 5.91 Å². The number of carbonyl (C=O) groups excluding carboxylic acids is 2. The smallest absolute Gasteiger partial charge is 0.231 e. The fourth-order valence-electron chi connectivity index (χ4n) is 4.09. The molecule has 0 bridgehead atoms. The van der Waals surface area contributed by atoms with E-state index in [4.69, 9.17) is 4.98 Å². The Balaban J connectivity index is 1.51. The molecule has 1 aromatic carbocycles. The lowest BCUT2D eigenvalue weighted by Gasteiger charge is -2.16. The van der Waals surface area contributed by atoms with Crippen LogP contribution >= 0.6 is 11.8 Å². The SMILES string of the molecule is Cc1nc(SCC(=O)c2ccc3c(c2)[C@H](C)C(=O)N3)n(C2CCCC2)c1C. The molecule has 1 amide bonds. The molecule has 2 heterocycles. The molecule has 1 atom stereocenters. The maximum absolute atomic E-state index is 12.8. The first-order chi connectivity index (χ1) is 13.0. The number of Topliss-reactive ketones (excluding diaryl/α,β-unsaturated/α-hetero) is 1. The molecule has 1 aromatic heterocycles. The van der Waals surface area contributed by atoms with Gasteiger partial charge < -0.3 is 9.88 Å². The molecule has 0 saturated heterocycles. The summed E-state index contributed by atoms with van der Waals surface area (Å²) in [4.78, 5) is 29.3. The number of thioether (sulfide) groups is 1. The molecule has 1 aliphatic heterocycles. The molecular formula is C21H25N3O2S. The summed E-state index contributed by atoms with van der Waals surface area (Å²) in [7, 11) is 0. The second-order valence-electron chi connectivity index (χ2n) is 7.60. The molecule has 1 N–H and O–H groups in total. The number of hydrogen-bond acceptors (Lipinski definition) is 4. The third kappa shape index (κ3) is 3.31. The zero-order chi connectivity index (χ0) is 19.1. The highest BCUT2D eigenvalue weighted by Gasteiger charge is 2.28. The Morgan fingerprint density at radius 3 is 2.78 bits per heavy atom. The van der Waals surface area contributed by atoms with Crippen molar-refractivity contribution < 1.29 is 9.59 Å². The number of fused-ring (bicyclic) bond motifs is 1. The van der Waals surface area contributed by atoms with E-state index >= 15 is 0 Å². The van der Waals surface area contributed by atoms with E-state index in [9.17, 15) is 9.59 Å². The highest BCUT2D eigenvalue weighted by Crippen LogP contribution is 2.36. The number of nitrogens with one attached hydrogen (secondary N) is 1. The third-order valence-corrected chi connectivity index (χ3v) is 6.82. The van der Waals surface area contributed by atoms with Gasteiger partial charge in [0.05, 0.1) is 17.4 Å². The molecule has 0 spiro atoms. The molecule has 27 heavy (non-hydrogen) atoms. The Hall–Kier alpha value is -2.08. The molecule has 2 aliphatic rings. The minimum atomic E-state index is -0.202. The number of carbonyl (C=O) groups is 2. The van der Waals surface area contributed by atoms with Gasteiger partial charge >= 0.3 is 0 Å². The summed E-state index contributed by atoms with van der Waals surface area (Å²) in [5.74, 6) is 0.225. The number of imidazole rings is 1. The van der Waals surface area contributed by atoms with E-state index in [1.165, 1.54) is 43.1 Å². The number of ketones is 1. The van der Waals surface area contributed by atoms with Crippen molar-refractivity contribution >= 4 is 29.1 Å². The number of benzene rings is 1. The van der Waals surface area contributed by atoms with Crippen LogP contribution < -0.4 is 5.32 Å². The summed E-state index contributed by atoms with van der Waals surface area (Å²) in [6, 6.07) is 6.02. The molecule has 2 aromatic rings. The van der Waals surface area contributed by atoms with Crippen LogP contribution in [0.3, 0.4) is 0 Å². The minimum absolute atomic E-state index is 0.00600. The number of nitrogens with zero attached hydrogens (tertiary/aromatic N) is 2. The molecule has 1 saturated carbocycles. The molecule has 5 nitrogen and oxygen atoms in total. The van der Waals surface area contributed by atoms with Crippen LogP contribution in [0.25, 0.3) is 0 Å². The summed E-state index contributed by atoms with van der Waals surface area (Å²) in [5.41, 5.74) is 4.66. The van der Waals surface area contributed by atoms with Gasteiger partial charge in [0.25, 0.3) is 0 Å². The van der Waals surface area contributed by atoms with Crippen molar-refractivity contribution in [2.45, 2.75) is 63.6 Å². The average molecular weight is 384 g/mol. The van der Waals surface area contributed by atoms with E-state index < -0.39 is 0 Å². The molecule has 142 valence electrons. The maximum Gasteiger partial charge on any atom is 0.231 e. The minimum Gasteiger partial charge on any atom is -0.325 e. The van der Waals surface area contributed by atoms with Gasteiger partial charge in [0, 0.05) is 23.0 Å². The van der Waals surface area contributed by atoms with Crippen LogP contribution in [0.5, 0.6) is 0 Å². The van der Waals surface area contributed by atoms with Gasteiger partial charge in [-0.3, -0.25) is 9.59 Å². The second kappa shape index (κ2) is 7.15. The van der Waals surface area contributed by atoms with E-state index in [2.05, 4.69) is 16.8 Å². The summed E-state index contributed by atoms with van der Waals surface area (Å²) in [6.07, 6.45) is 4.93. The fraction of sp³-hybridized carbons (Fsp3) is 0.476. The fourth-order valence-corrected chi connectivity index (χ4v) is 5.15. The van der Waals surface area contributed by atoms with E-state index in [1.54, 1.807) is 6.07 Å². The molecule has 4 rings (SSSR count). The van der Waals surface area contributed by atoms with Gasteiger partial charge in [-0.05, 0) is 57.4 Å². The quantitative estimate of drug-likeness (QED) is 0.603. The highest BCUT2D eigenvalue weighted by atomic mass is 32.2. The Labute approximate surface area is 163 Å². The molecule has 0 radical (unpaired) electrons. The molecular weight excluding hydrogens is 358 g/mol. The number of aryl methyl sites for hydroxylation is 1. The summed E-state index contributed by atoms with van der Waals surface area (Å²) >= 11 is 1.53. The predicted octanol–water partition coefficient (Wildman–Crippen LogP) is 4.65. The van der Waals surface area contributed by atoms with Gasteiger partial charge in [-0.1, -0.05) is 24.6 Å². The zero-order valence-electron chi connectivity index (χ0n) is 16.0. The number of rotatable bonds is 5. The Kier molecular flexibility index (Phi) is 4.84. The number of anilines is 1. The number of amides is 1. The van der Waals surface area contributed by atoms with Crippen molar-refractivity contribution in [1.82, 2.24) is 9.55 Å². The highest BCUT2D eigenvalue weighted by molar-refractivity contribution is 7.99. The van der Waals surface area contributed by atoms with Crippen LogP contribution in [0.1, 0.15) is 71.9 Å². The van der Waals surface area contributed by atoms with Gasteiger partial charge in [0.15, 0.2) is 10.9 Å². The van der Waals surface area contributed by atoms with Crippen LogP contribution in [0.15, 0.2) is 23.4 Å². The van der Waals surface area contributed by atoms with E-state index in [0.29, 0.717) is 17.4 Å². The van der Waals surface area contributed by atoms with Crippen LogP contribution in [0.2, 0.25) is 0 Å². The van der Waals surface area contributed by atoms with E-state index in [1.807, 2.05) is 26.0 Å². The van der Waals surface area contributed by atoms with Crippen LogP contribution in [-0.4, -0.2) is 27.0 Å². The standard InChI is InChI=1S/C21H25N3O2S/c1-12-17-10-15(8-9-18(17)23-20(12)26)19(25)11-27-21-22-13(2)14(3)24(21)16-6-4-5-7-16/h8-10,12,16H,4-7,11H2,1-3H3,(H,23,26)/t12-/m0/s1. The lowest BCUT2D eigenvalue weighted by Crippen LogP contribution is -2.10. The van der Waals surface area contributed by atoms with Crippen LogP contribution in [-0.2, 0) is 4.79 Å². The lowest BCUT2D eigenvalue weighted by atomic mass is 9.99. The predicted molar refractivity (Wildman–Crippen MR) is 108 cm³/mol. The molecule has 0 unspecified atom stereocenters. The van der Waals surface area contributed by atoms with Crippen molar-refractivity contribution in [2.75, 3.05) is 11.1 Å². The first kappa shape index (κ1) is 18.3. The first-order valence-corrected chi connectivity index (χ1v) is 10.6. The zero-order valence-corrected chi connectivity index (χ0v) is 16.9. The molecule has 1 fully saturated rings. The molecule has 6 heteroatoms. The topological polar surface area (TPSA) is 64.0 Å². The summed E-state index contributed by atoms with van der Waals surface area (Å²) in [6.45, 7) is 6.03. The van der Waals surface area contributed by atoms with E-state index in [0.717, 1.165) is 22.1 Å². The van der Waals surface area contributed by atoms with Gasteiger partial charge in [0.1, 0.15) is 0 Å². The Morgan fingerprint density at radius 2 is 2.04 bits per heavy atom. The number of aromatic nitrogens is 2. The summed E-state index contributed by atoms with van der Waals surface area (Å²) < 4.78 is 2.34. The van der Waals surface area contributed by atoms with Crippen molar-refractivity contribution in [3.05, 3.63) is 40.7 Å². The average Bonchev–Trinajstić information content (AvgIpc) is 3.34. The van der Waals surface area contributed by atoms with Crippen LogP contribution in [0, 0.1) is 13.8 Å². The normalized spacial score (nSPS) is 19.4. The number of hydrogen-bond donors (Lipinski definition) is 1. The van der Waals surface area contributed by atoms with Crippen molar-refractivity contribution in [3.8, 4) is 0 Å². The van der Waals surface area contributed by atoms with Gasteiger partial charge in [-0.25, -0.2) is 4.98 Å². The van der Waals surface area contributed by atoms with Crippen LogP contribution in [0.4, 0.5) is 5.69 Å². The maximum atomic E-state index is 12.8. The van der Waals surface area contributed by atoms with Gasteiger partial charge in [-0.15, -0.1) is 0 Å². The Bertz CT molecular complexity index is 912. The monoisotopic (exact) mass is 383 g/mol. The summed E-state index contributed by atoms with van der Waals surface area (Å²) in [5, 5.41) is 3.81. The largest absolute Gasteiger partial charge is 0.325 e. The van der Waals surface area contributed by atoms with Crippen molar-refractivity contribution in [1.29, 1.82) is 0 Å². The lowest BCUT2D eigenvalue weighted by molar-refractivity contribution is -0.116. The van der Waals surface area contributed by atoms with E-state index in [-0.39, 0.29) is 17.6 Å². The van der Waals surface area contributed by atoms with Gasteiger partial charge in [-0.2, -0.15) is 0 Å². The van der Waals surface area contributed by atoms with Crippen molar-refractivity contribution in [3.63, 3.8) is 0 Å². The Morgan fingerprint density at radius 1 is 1.30 bits per heavy atom. The molecule has 1 aliphatic carbocycles.